The molecule has 14 heteroatoms. The number of ketones is 1. The molecule has 4 heterocycles. The quantitative estimate of drug-likeness (QED) is 0.133. The summed E-state index contributed by atoms with van der Waals surface area (Å²) in [6.45, 7) is 11.0. The van der Waals surface area contributed by atoms with Gasteiger partial charge in [-0.25, -0.2) is 13.4 Å². The minimum absolute atomic E-state index is 0.111. The number of hydrogen-bond donors (Lipinski definition) is 1. The van der Waals surface area contributed by atoms with Crippen molar-refractivity contribution in [3.63, 3.8) is 0 Å². The molecule has 334 valence electrons. The van der Waals surface area contributed by atoms with Crippen molar-refractivity contribution in [2.24, 2.45) is 22.7 Å². The third-order valence-electron chi connectivity index (χ3n) is 13.5. The van der Waals surface area contributed by atoms with E-state index in [1.54, 1.807) is 18.9 Å². The first-order valence-electron chi connectivity index (χ1n) is 22.4. The summed E-state index contributed by atoms with van der Waals surface area (Å²) in [5.74, 6) is -1.38. The van der Waals surface area contributed by atoms with Crippen LogP contribution in [0.4, 0.5) is 0 Å². The van der Waals surface area contributed by atoms with Crippen LogP contribution in [0.25, 0.3) is 10.9 Å². The fraction of sp³-hybridized carbons (Fsp3) is 0.681. The molecule has 3 aliphatic heterocycles. The molecule has 2 amide bonds. The van der Waals surface area contributed by atoms with Crippen molar-refractivity contribution in [1.29, 1.82) is 0 Å². The van der Waals surface area contributed by atoms with E-state index in [1.165, 1.54) is 0 Å². The molecule has 1 spiro atoms. The molecule has 1 aromatic heterocycles. The van der Waals surface area contributed by atoms with E-state index in [0.29, 0.717) is 70.3 Å². The highest BCUT2D eigenvalue weighted by atomic mass is 32.2. The van der Waals surface area contributed by atoms with Gasteiger partial charge in [0.1, 0.15) is 17.1 Å². The van der Waals surface area contributed by atoms with Crippen LogP contribution in [-0.2, 0) is 51.5 Å². The van der Waals surface area contributed by atoms with Crippen LogP contribution in [0.15, 0.2) is 30.4 Å². The lowest BCUT2D eigenvalue weighted by Gasteiger charge is -2.37. The number of rotatable bonds is 12. The Hall–Kier alpha value is -4.04. The van der Waals surface area contributed by atoms with E-state index in [-0.39, 0.29) is 55.4 Å². The summed E-state index contributed by atoms with van der Waals surface area (Å²) in [6, 6.07) is 4.93. The third kappa shape index (κ3) is 9.80. The summed E-state index contributed by atoms with van der Waals surface area (Å²) in [5, 5.41) is 0.927. The van der Waals surface area contributed by atoms with Crippen LogP contribution in [0.2, 0.25) is 0 Å². The van der Waals surface area contributed by atoms with Gasteiger partial charge < -0.3 is 23.8 Å². The van der Waals surface area contributed by atoms with Crippen molar-refractivity contribution >= 4 is 44.5 Å². The number of sulfonamides is 1. The third-order valence-corrected chi connectivity index (χ3v) is 15.7. The number of esters is 1. The van der Waals surface area contributed by atoms with E-state index in [0.717, 1.165) is 53.6 Å². The van der Waals surface area contributed by atoms with Gasteiger partial charge in [0.05, 0.1) is 53.6 Å². The van der Waals surface area contributed by atoms with Gasteiger partial charge in [-0.05, 0) is 94.2 Å². The normalized spacial score (nSPS) is 28.1. The summed E-state index contributed by atoms with van der Waals surface area (Å²) in [5.41, 5.74) is 0.169. The number of Topliss-reactive ketones (excluding diaryl/α,β-unsaturated/α-hetero) is 1. The number of aromatic nitrogens is 1. The van der Waals surface area contributed by atoms with Crippen molar-refractivity contribution in [2.75, 3.05) is 33.5 Å². The van der Waals surface area contributed by atoms with Gasteiger partial charge in [-0.3, -0.25) is 23.9 Å². The van der Waals surface area contributed by atoms with Crippen molar-refractivity contribution in [1.82, 2.24) is 14.6 Å². The minimum Gasteiger partial charge on any atom is -0.493 e. The van der Waals surface area contributed by atoms with Crippen LogP contribution in [0, 0.1) is 22.7 Å². The zero-order valence-electron chi connectivity index (χ0n) is 36.9. The summed E-state index contributed by atoms with van der Waals surface area (Å²) in [6.07, 6.45) is 11.2. The van der Waals surface area contributed by atoms with Crippen LogP contribution in [0.1, 0.15) is 129 Å². The second-order valence-corrected chi connectivity index (χ2v) is 21.9. The molecular formula is C47H65N3O10S. The van der Waals surface area contributed by atoms with Crippen molar-refractivity contribution in [3.8, 4) is 11.5 Å². The number of carbonyl (C=O) groups excluding carboxylic acids is 4. The van der Waals surface area contributed by atoms with Gasteiger partial charge in [-0.1, -0.05) is 52.7 Å². The first kappa shape index (κ1) is 45.0. The molecule has 0 bridgehead atoms. The molecule has 1 aromatic carbocycles. The molecule has 2 aromatic rings. The number of amides is 2. The number of aryl methyl sites for hydroxylation is 2. The number of methoxy groups -OCH3 is 1. The lowest BCUT2D eigenvalue weighted by Crippen LogP contribution is -2.48. The number of pyridine rings is 1. The molecule has 7 rings (SSSR count). The van der Waals surface area contributed by atoms with Crippen LogP contribution in [0.3, 0.4) is 0 Å². The smallest absolute Gasteiger partial charge is 0.306 e. The zero-order valence-corrected chi connectivity index (χ0v) is 37.8. The predicted molar refractivity (Wildman–Crippen MR) is 231 cm³/mol. The van der Waals surface area contributed by atoms with Gasteiger partial charge in [-0.15, -0.1) is 0 Å². The van der Waals surface area contributed by atoms with Crippen LogP contribution < -0.4 is 14.2 Å². The Morgan fingerprint density at radius 1 is 1.07 bits per heavy atom. The monoisotopic (exact) mass is 863 g/mol. The molecule has 2 saturated carbocycles. The fourth-order valence-electron chi connectivity index (χ4n) is 9.33. The van der Waals surface area contributed by atoms with Gasteiger partial charge in [0, 0.05) is 49.8 Å². The molecule has 13 nitrogen and oxygen atoms in total. The van der Waals surface area contributed by atoms with E-state index in [2.05, 4.69) is 4.72 Å². The molecule has 3 fully saturated rings. The van der Waals surface area contributed by atoms with Crippen LogP contribution in [0.5, 0.6) is 11.5 Å². The maximum absolute atomic E-state index is 15.0. The second kappa shape index (κ2) is 17.6. The van der Waals surface area contributed by atoms with E-state index in [1.807, 2.05) is 58.0 Å². The molecule has 0 radical (unpaired) electrons. The number of carbonyl (C=O) groups is 4. The molecule has 0 unspecified atom stereocenters. The average Bonchev–Trinajstić information content (AvgIpc) is 4.11. The number of ether oxygens (including phenoxy) is 4. The van der Waals surface area contributed by atoms with Crippen molar-refractivity contribution < 1.29 is 46.5 Å². The maximum Gasteiger partial charge on any atom is 0.306 e. The average molecular weight is 864 g/mol. The van der Waals surface area contributed by atoms with Crippen molar-refractivity contribution in [2.45, 2.75) is 147 Å². The van der Waals surface area contributed by atoms with E-state index in [4.69, 9.17) is 23.9 Å². The molecule has 1 saturated heterocycles. The molecule has 1 N–H and O–H groups in total. The van der Waals surface area contributed by atoms with E-state index in [9.17, 15) is 27.6 Å². The highest BCUT2D eigenvalue weighted by Gasteiger charge is 2.63. The van der Waals surface area contributed by atoms with Gasteiger partial charge >= 0.3 is 5.97 Å². The molecule has 61 heavy (non-hydrogen) atoms. The topological polar surface area (TPSA) is 167 Å². The van der Waals surface area contributed by atoms with Gasteiger partial charge in [0.15, 0.2) is 5.78 Å². The van der Waals surface area contributed by atoms with Crippen molar-refractivity contribution in [3.05, 3.63) is 41.6 Å². The Bertz CT molecular complexity index is 2160. The largest absolute Gasteiger partial charge is 0.493 e. The molecule has 5 aliphatic rings. The van der Waals surface area contributed by atoms with E-state index >= 15 is 0 Å². The first-order valence-corrected chi connectivity index (χ1v) is 23.9. The fourth-order valence-corrected chi connectivity index (χ4v) is 10.7. The zero-order chi connectivity index (χ0) is 43.8. The predicted octanol–water partition coefficient (Wildman–Crippen LogP) is 6.96. The summed E-state index contributed by atoms with van der Waals surface area (Å²) in [7, 11) is -2.29. The summed E-state index contributed by atoms with van der Waals surface area (Å²) in [4.78, 5) is 64.0. The highest BCUT2D eigenvalue weighted by Crippen LogP contribution is 2.58. The second-order valence-electron chi connectivity index (χ2n) is 19.7. The van der Waals surface area contributed by atoms with Crippen LogP contribution in [-0.4, -0.2) is 91.7 Å². The van der Waals surface area contributed by atoms with Gasteiger partial charge in [0.2, 0.25) is 21.8 Å². The number of benzene rings is 1. The van der Waals surface area contributed by atoms with Crippen LogP contribution >= 0.6 is 0 Å². The Labute approximate surface area is 361 Å². The number of nitrogens with one attached hydrogen (secondary N) is 1. The van der Waals surface area contributed by atoms with Gasteiger partial charge in [-0.2, -0.15) is 0 Å². The molecule has 5 atom stereocenters. The number of allylic oxidation sites excluding steroid dienone is 2. The standard InChI is InChI=1S/C47H65N3O10S/c1-7-36-41-34(35-25-33(16-17-37(35)48-36)58-23-13-22-57-6)18-19-46(60-41)27-38-39(51)28-47(43(54)49-61(55,56)45(5)20-21-45)26-32(47)15-12-10-8-9-11-14-31(42(53)50(38)29-46)24-40(52)59-30-44(2,3)4/h12,15-17,25,31-32,38H,7-11,13-14,18-24,26-30H2,1-6H3,(H,49,54)/b15-12-/t31-,32-,38+,46-,47-/m1/s1. The Morgan fingerprint density at radius 3 is 2.57 bits per heavy atom. The highest BCUT2D eigenvalue weighted by molar-refractivity contribution is 7.91. The minimum atomic E-state index is -3.95. The first-order chi connectivity index (χ1) is 28.9. The number of fused-ring (bicyclic) bond motifs is 5. The number of hydrogen-bond acceptors (Lipinski definition) is 11. The van der Waals surface area contributed by atoms with Gasteiger partial charge in [0.25, 0.3) is 0 Å². The summed E-state index contributed by atoms with van der Waals surface area (Å²) >= 11 is 0. The lowest BCUT2D eigenvalue weighted by molar-refractivity contribution is -0.152. The Balaban J connectivity index is 1.22. The molecular weight excluding hydrogens is 799 g/mol. The lowest BCUT2D eigenvalue weighted by atomic mass is 9.85. The Kier molecular flexibility index (Phi) is 13.0. The maximum atomic E-state index is 15.0. The SMILES string of the molecule is CCc1nc2ccc(OCCCOC)cc2c2c1O[C@]1(CC2)C[C@H]2C(=O)C[C@]3(C(=O)NS(=O)(=O)C4(C)CC4)C[C@H]3/C=C\CCCCC[C@H](CC(=O)OCC(C)(C)C)C(=O)N2C1. The number of nitrogens with zero attached hydrogens (tertiary/aromatic N) is 2. The Morgan fingerprint density at radius 2 is 1.85 bits per heavy atom. The summed E-state index contributed by atoms with van der Waals surface area (Å²) < 4.78 is 52.0. The van der Waals surface area contributed by atoms with E-state index < -0.39 is 49.6 Å². The molecule has 2 aliphatic carbocycles.